The van der Waals surface area contributed by atoms with Crippen molar-refractivity contribution in [2.45, 2.75) is 98.6 Å². The summed E-state index contributed by atoms with van der Waals surface area (Å²) in [5.41, 5.74) is -1.05. The highest BCUT2D eigenvalue weighted by molar-refractivity contribution is 5.75. The second-order valence-corrected chi connectivity index (χ2v) is 13.0. The Morgan fingerprint density at radius 2 is 1.02 bits per heavy atom. The summed E-state index contributed by atoms with van der Waals surface area (Å²) in [6.45, 7) is 17.0. The van der Waals surface area contributed by atoms with Crippen molar-refractivity contribution in [2.24, 2.45) is 0 Å². The van der Waals surface area contributed by atoms with Gasteiger partial charge in [-0.25, -0.2) is 0 Å². The number of ether oxygens (including phenoxy) is 4. The molecule has 0 fully saturated rings. The maximum Gasteiger partial charge on any atom is 0.320 e. The lowest BCUT2D eigenvalue weighted by molar-refractivity contribution is -0.159. The van der Waals surface area contributed by atoms with Crippen LogP contribution in [-0.4, -0.2) is 89.7 Å². The van der Waals surface area contributed by atoms with Crippen molar-refractivity contribution >= 4 is 23.9 Å². The van der Waals surface area contributed by atoms with Gasteiger partial charge in [0.1, 0.15) is 23.4 Å². The molecule has 0 atom stereocenters. The standard InChI is InChI=1S/C31H50N2O8/c1-29(2,3)39-25(34)16-13-17-32(21-27(36)40-30(4,5)6)18-19-33(22-28(37)41-31(7,8)9)20-26(35)38-23-24-14-11-10-12-15-24/h10-12,14-15H,13,16-23H2,1-9H3. The van der Waals surface area contributed by atoms with E-state index in [-0.39, 0.29) is 45.2 Å². The zero-order chi connectivity index (χ0) is 31.3. The second-order valence-electron chi connectivity index (χ2n) is 13.0. The van der Waals surface area contributed by atoms with E-state index in [1.54, 1.807) is 46.4 Å². The van der Waals surface area contributed by atoms with Crippen molar-refractivity contribution in [1.82, 2.24) is 9.80 Å². The summed E-state index contributed by atoms with van der Waals surface area (Å²) < 4.78 is 21.8. The summed E-state index contributed by atoms with van der Waals surface area (Å²) in [5.74, 6) is -1.68. The molecule has 0 amide bonds. The van der Waals surface area contributed by atoms with Gasteiger partial charge in [-0.2, -0.15) is 0 Å². The first-order chi connectivity index (χ1) is 18.8. The summed E-state index contributed by atoms with van der Waals surface area (Å²) in [6, 6.07) is 9.32. The summed E-state index contributed by atoms with van der Waals surface area (Å²) in [6.07, 6.45) is 0.651. The third-order valence-corrected chi connectivity index (χ3v) is 5.15. The third kappa shape index (κ3) is 19.7. The maximum absolute atomic E-state index is 12.7. The van der Waals surface area contributed by atoms with Crippen LogP contribution in [-0.2, 0) is 44.7 Å². The molecule has 0 radical (unpaired) electrons. The zero-order valence-corrected chi connectivity index (χ0v) is 26.4. The lowest BCUT2D eigenvalue weighted by Crippen LogP contribution is -2.44. The van der Waals surface area contributed by atoms with Gasteiger partial charge in [0.25, 0.3) is 0 Å². The molecule has 0 aromatic heterocycles. The van der Waals surface area contributed by atoms with Crippen molar-refractivity contribution in [3.8, 4) is 0 Å². The fourth-order valence-corrected chi connectivity index (χ4v) is 3.69. The van der Waals surface area contributed by atoms with Gasteiger partial charge >= 0.3 is 23.9 Å². The van der Waals surface area contributed by atoms with Crippen LogP contribution in [0.2, 0.25) is 0 Å². The van der Waals surface area contributed by atoms with Gasteiger partial charge in [-0.15, -0.1) is 0 Å². The Hall–Kier alpha value is -2.98. The lowest BCUT2D eigenvalue weighted by Gasteiger charge is -2.28. The predicted molar refractivity (Wildman–Crippen MR) is 156 cm³/mol. The molecule has 0 saturated heterocycles. The number of benzene rings is 1. The quantitative estimate of drug-likeness (QED) is 0.222. The van der Waals surface area contributed by atoms with E-state index in [9.17, 15) is 19.2 Å². The molecule has 0 aliphatic heterocycles. The van der Waals surface area contributed by atoms with Gasteiger partial charge in [0.15, 0.2) is 0 Å². The first-order valence-electron chi connectivity index (χ1n) is 14.1. The highest BCUT2D eigenvalue weighted by Gasteiger charge is 2.24. The molecule has 0 heterocycles. The molecule has 1 aromatic rings. The Labute approximate surface area is 245 Å². The third-order valence-electron chi connectivity index (χ3n) is 5.15. The first kappa shape index (κ1) is 36.0. The van der Waals surface area contributed by atoms with E-state index >= 15 is 0 Å². The zero-order valence-electron chi connectivity index (χ0n) is 26.4. The number of rotatable bonds is 15. The van der Waals surface area contributed by atoms with Crippen molar-refractivity contribution in [3.63, 3.8) is 0 Å². The highest BCUT2D eigenvalue weighted by Crippen LogP contribution is 2.12. The minimum Gasteiger partial charge on any atom is -0.460 e. The van der Waals surface area contributed by atoms with E-state index < -0.39 is 34.7 Å². The van der Waals surface area contributed by atoms with E-state index in [0.717, 1.165) is 5.56 Å². The van der Waals surface area contributed by atoms with Gasteiger partial charge in [0, 0.05) is 19.5 Å². The van der Waals surface area contributed by atoms with Crippen LogP contribution >= 0.6 is 0 Å². The highest BCUT2D eigenvalue weighted by atomic mass is 16.6. The van der Waals surface area contributed by atoms with E-state index in [2.05, 4.69) is 0 Å². The van der Waals surface area contributed by atoms with Crippen LogP contribution in [0.4, 0.5) is 0 Å². The summed E-state index contributed by atoms with van der Waals surface area (Å²) in [4.78, 5) is 53.6. The Morgan fingerprint density at radius 3 is 1.54 bits per heavy atom. The molecule has 41 heavy (non-hydrogen) atoms. The van der Waals surface area contributed by atoms with E-state index in [0.29, 0.717) is 19.5 Å². The van der Waals surface area contributed by atoms with E-state index in [4.69, 9.17) is 18.9 Å². The van der Waals surface area contributed by atoms with Crippen LogP contribution in [0.1, 0.15) is 80.7 Å². The number of hydrogen-bond acceptors (Lipinski definition) is 10. The van der Waals surface area contributed by atoms with Gasteiger partial charge in [0.05, 0.1) is 19.6 Å². The second kappa shape index (κ2) is 16.5. The number of nitrogens with zero attached hydrogens (tertiary/aromatic N) is 2. The molecule has 0 aliphatic carbocycles. The molecule has 0 unspecified atom stereocenters. The monoisotopic (exact) mass is 578 g/mol. The van der Waals surface area contributed by atoms with Crippen molar-refractivity contribution in [1.29, 1.82) is 0 Å². The van der Waals surface area contributed by atoms with Crippen LogP contribution in [0.15, 0.2) is 30.3 Å². The molecule has 0 N–H and O–H groups in total. The van der Waals surface area contributed by atoms with Crippen LogP contribution in [0.5, 0.6) is 0 Å². The minimum absolute atomic E-state index is 0.00960. The van der Waals surface area contributed by atoms with Crippen LogP contribution in [0.3, 0.4) is 0 Å². The Kier molecular flexibility index (Phi) is 14.5. The van der Waals surface area contributed by atoms with Gasteiger partial charge in [0.2, 0.25) is 0 Å². The van der Waals surface area contributed by atoms with Gasteiger partial charge < -0.3 is 18.9 Å². The van der Waals surface area contributed by atoms with Crippen LogP contribution in [0, 0.1) is 0 Å². The largest absolute Gasteiger partial charge is 0.460 e. The molecule has 10 nitrogen and oxygen atoms in total. The molecule has 10 heteroatoms. The fraction of sp³-hybridized carbons (Fsp3) is 0.677. The maximum atomic E-state index is 12.7. The molecule has 0 aliphatic rings. The van der Waals surface area contributed by atoms with Gasteiger partial charge in [-0.05, 0) is 80.8 Å². The summed E-state index contributed by atoms with van der Waals surface area (Å²) in [7, 11) is 0. The number of esters is 4. The molecule has 1 aromatic carbocycles. The van der Waals surface area contributed by atoms with Crippen LogP contribution in [0.25, 0.3) is 0 Å². The van der Waals surface area contributed by atoms with Crippen LogP contribution < -0.4 is 0 Å². The predicted octanol–water partition coefficient (Wildman–Crippen LogP) is 4.14. The number of carbonyl (C=O) groups is 4. The number of hydrogen-bond donors (Lipinski definition) is 0. The average Bonchev–Trinajstić information content (AvgIpc) is 2.78. The van der Waals surface area contributed by atoms with Crippen molar-refractivity contribution in [2.75, 3.05) is 39.3 Å². The first-order valence-corrected chi connectivity index (χ1v) is 14.1. The fourth-order valence-electron chi connectivity index (χ4n) is 3.69. The van der Waals surface area contributed by atoms with Crippen molar-refractivity contribution < 1.29 is 38.1 Å². The number of carbonyl (C=O) groups excluding carboxylic acids is 4. The van der Waals surface area contributed by atoms with Gasteiger partial charge in [-0.3, -0.25) is 29.0 Å². The minimum atomic E-state index is -0.680. The smallest absolute Gasteiger partial charge is 0.320 e. The van der Waals surface area contributed by atoms with E-state index in [1.165, 1.54) is 0 Å². The molecule has 0 spiro atoms. The molecule has 232 valence electrons. The average molecular weight is 579 g/mol. The van der Waals surface area contributed by atoms with E-state index in [1.807, 2.05) is 56.0 Å². The Morgan fingerprint density at radius 1 is 0.585 bits per heavy atom. The molecular weight excluding hydrogens is 528 g/mol. The lowest BCUT2D eigenvalue weighted by atomic mass is 10.2. The normalized spacial score (nSPS) is 12.3. The topological polar surface area (TPSA) is 112 Å². The molecule has 0 saturated carbocycles. The summed E-state index contributed by atoms with van der Waals surface area (Å²) in [5, 5.41) is 0. The Bertz CT molecular complexity index is 975. The molecule has 1 rings (SSSR count). The Balaban J connectivity index is 2.90. The van der Waals surface area contributed by atoms with Crippen molar-refractivity contribution in [3.05, 3.63) is 35.9 Å². The SMILES string of the molecule is CC(C)(C)OC(=O)CCCN(CCN(CC(=O)OCc1ccccc1)CC(=O)OC(C)(C)C)CC(=O)OC(C)(C)C. The molecular formula is C31H50N2O8. The van der Waals surface area contributed by atoms with Gasteiger partial charge in [-0.1, -0.05) is 30.3 Å². The molecule has 0 bridgehead atoms. The summed E-state index contributed by atoms with van der Waals surface area (Å²) >= 11 is 0.